The van der Waals surface area contributed by atoms with Crippen LogP contribution in [0.4, 0.5) is 0 Å². The predicted molar refractivity (Wildman–Crippen MR) is 78.2 cm³/mol. The molecule has 1 aromatic carbocycles. The van der Waals surface area contributed by atoms with Gasteiger partial charge in [0.15, 0.2) is 0 Å². The topological polar surface area (TPSA) is 23.6 Å². The highest BCUT2D eigenvalue weighted by Crippen LogP contribution is 2.13. The molecule has 3 nitrogen and oxygen atoms in total. The van der Waals surface area contributed by atoms with Gasteiger partial charge in [-0.2, -0.15) is 0 Å². The molecule has 0 N–H and O–H groups in total. The van der Waals surface area contributed by atoms with Crippen LogP contribution in [0.15, 0.2) is 24.3 Å². The van der Waals surface area contributed by atoms with E-state index >= 15 is 0 Å². The Morgan fingerprint density at radius 1 is 1.32 bits per heavy atom. The lowest BCUT2D eigenvalue weighted by atomic mass is 10.0. The maximum absolute atomic E-state index is 12.2. The van der Waals surface area contributed by atoms with Gasteiger partial charge in [0.25, 0.3) is 0 Å². The van der Waals surface area contributed by atoms with E-state index in [-0.39, 0.29) is 0 Å². The number of rotatable bonds is 3. The molecular weight excluding hydrogens is 236 g/mol. The molecule has 1 amide bonds. The van der Waals surface area contributed by atoms with E-state index in [9.17, 15) is 4.79 Å². The summed E-state index contributed by atoms with van der Waals surface area (Å²) >= 11 is 0. The minimum Gasteiger partial charge on any atom is -0.340 e. The molecule has 19 heavy (non-hydrogen) atoms. The van der Waals surface area contributed by atoms with E-state index in [1.54, 1.807) is 0 Å². The summed E-state index contributed by atoms with van der Waals surface area (Å²) in [4.78, 5) is 16.6. The number of piperazine rings is 1. The monoisotopic (exact) mass is 260 g/mol. The Morgan fingerprint density at radius 3 is 2.74 bits per heavy atom. The predicted octanol–water partition coefficient (Wildman–Crippen LogP) is 2.09. The van der Waals surface area contributed by atoms with Crippen molar-refractivity contribution in [2.45, 2.75) is 32.7 Å². The molecule has 1 fully saturated rings. The summed E-state index contributed by atoms with van der Waals surface area (Å²) in [5, 5.41) is 0. The lowest BCUT2D eigenvalue weighted by Crippen LogP contribution is -2.52. The van der Waals surface area contributed by atoms with E-state index in [4.69, 9.17) is 0 Å². The molecule has 0 spiro atoms. The summed E-state index contributed by atoms with van der Waals surface area (Å²) < 4.78 is 0. The second-order valence-electron chi connectivity index (χ2n) is 5.60. The highest BCUT2D eigenvalue weighted by Gasteiger charge is 2.23. The third-order valence-corrected chi connectivity index (χ3v) is 4.18. The Balaban J connectivity index is 1.87. The van der Waals surface area contributed by atoms with Crippen molar-refractivity contribution in [3.05, 3.63) is 35.4 Å². The van der Waals surface area contributed by atoms with Crippen molar-refractivity contribution in [1.29, 1.82) is 0 Å². The van der Waals surface area contributed by atoms with Crippen molar-refractivity contribution in [1.82, 2.24) is 9.80 Å². The van der Waals surface area contributed by atoms with Crippen LogP contribution in [-0.4, -0.2) is 48.4 Å². The molecule has 1 aliphatic heterocycles. The highest BCUT2D eigenvalue weighted by atomic mass is 16.2. The number of nitrogens with zero attached hydrogens (tertiary/aromatic N) is 2. The summed E-state index contributed by atoms with van der Waals surface area (Å²) in [7, 11) is 2.12. The molecule has 0 aliphatic carbocycles. The van der Waals surface area contributed by atoms with E-state index in [1.165, 1.54) is 11.1 Å². The van der Waals surface area contributed by atoms with Gasteiger partial charge in [0.2, 0.25) is 5.91 Å². The molecule has 3 heteroatoms. The molecule has 1 aliphatic rings. The lowest BCUT2D eigenvalue weighted by molar-refractivity contribution is -0.133. The number of carbonyl (C=O) groups excluding carboxylic acids is 1. The Morgan fingerprint density at radius 2 is 2.05 bits per heavy atom. The highest BCUT2D eigenvalue weighted by molar-refractivity contribution is 5.76. The van der Waals surface area contributed by atoms with Crippen molar-refractivity contribution in [3.63, 3.8) is 0 Å². The Kier molecular flexibility index (Phi) is 4.59. The van der Waals surface area contributed by atoms with Crippen molar-refractivity contribution < 1.29 is 4.79 Å². The van der Waals surface area contributed by atoms with Gasteiger partial charge in [-0.15, -0.1) is 0 Å². The molecule has 1 saturated heterocycles. The van der Waals surface area contributed by atoms with Crippen LogP contribution in [0.25, 0.3) is 0 Å². The van der Waals surface area contributed by atoms with Gasteiger partial charge in [-0.05, 0) is 38.4 Å². The molecule has 104 valence electrons. The summed E-state index contributed by atoms with van der Waals surface area (Å²) in [6, 6.07) is 8.79. The molecule has 0 bridgehead atoms. The maximum atomic E-state index is 12.2. The molecule has 1 aromatic rings. The summed E-state index contributed by atoms with van der Waals surface area (Å²) in [6.45, 7) is 7.01. The van der Waals surface area contributed by atoms with E-state index < -0.39 is 0 Å². The number of likely N-dealkylation sites (N-methyl/N-ethyl adjacent to an activating group) is 1. The van der Waals surface area contributed by atoms with Gasteiger partial charge in [-0.25, -0.2) is 0 Å². The number of hydrogen-bond donors (Lipinski definition) is 0. The minimum absolute atomic E-state index is 0.295. The second kappa shape index (κ2) is 6.20. The maximum Gasteiger partial charge on any atom is 0.222 e. The van der Waals surface area contributed by atoms with Crippen LogP contribution < -0.4 is 0 Å². The third kappa shape index (κ3) is 3.57. The first kappa shape index (κ1) is 14.1. The number of amides is 1. The van der Waals surface area contributed by atoms with Gasteiger partial charge in [-0.1, -0.05) is 24.3 Å². The van der Waals surface area contributed by atoms with Gasteiger partial charge in [0, 0.05) is 32.1 Å². The Labute approximate surface area is 116 Å². The average molecular weight is 260 g/mol. The molecule has 1 heterocycles. The largest absolute Gasteiger partial charge is 0.340 e. The fourth-order valence-corrected chi connectivity index (χ4v) is 2.57. The second-order valence-corrected chi connectivity index (χ2v) is 5.60. The summed E-state index contributed by atoms with van der Waals surface area (Å²) in [5.74, 6) is 0.295. The zero-order valence-corrected chi connectivity index (χ0v) is 12.2. The van der Waals surface area contributed by atoms with E-state index in [2.05, 4.69) is 37.9 Å². The number of aryl methyl sites for hydroxylation is 2. The van der Waals surface area contributed by atoms with E-state index in [1.807, 2.05) is 17.0 Å². The summed E-state index contributed by atoms with van der Waals surface area (Å²) in [6.07, 6.45) is 1.48. The van der Waals surface area contributed by atoms with Crippen LogP contribution >= 0.6 is 0 Å². The van der Waals surface area contributed by atoms with E-state index in [0.717, 1.165) is 26.1 Å². The summed E-state index contributed by atoms with van der Waals surface area (Å²) in [5.41, 5.74) is 2.57. The lowest BCUT2D eigenvalue weighted by Gasteiger charge is -2.37. The molecule has 1 unspecified atom stereocenters. The van der Waals surface area contributed by atoms with Crippen LogP contribution in [-0.2, 0) is 11.2 Å². The first-order chi connectivity index (χ1) is 9.08. The van der Waals surface area contributed by atoms with Gasteiger partial charge >= 0.3 is 0 Å². The quantitative estimate of drug-likeness (QED) is 0.831. The van der Waals surface area contributed by atoms with Gasteiger partial charge in [0.1, 0.15) is 0 Å². The molecular formula is C16H24N2O. The van der Waals surface area contributed by atoms with Crippen LogP contribution in [0.1, 0.15) is 24.5 Å². The SMILES string of the molecule is Cc1ccccc1CCC(=O)N1CCN(C)C(C)C1. The molecule has 0 aromatic heterocycles. The number of benzene rings is 1. The smallest absolute Gasteiger partial charge is 0.222 e. The average Bonchev–Trinajstić information content (AvgIpc) is 2.40. The molecule has 2 rings (SSSR count). The third-order valence-electron chi connectivity index (χ3n) is 4.18. The van der Waals surface area contributed by atoms with Crippen LogP contribution in [0.3, 0.4) is 0 Å². The first-order valence-corrected chi connectivity index (χ1v) is 7.10. The van der Waals surface area contributed by atoms with Crippen molar-refractivity contribution in [3.8, 4) is 0 Å². The number of hydrogen-bond acceptors (Lipinski definition) is 2. The molecule has 1 atom stereocenters. The normalized spacial score (nSPS) is 20.6. The Bertz CT molecular complexity index is 444. The fraction of sp³-hybridized carbons (Fsp3) is 0.562. The Hall–Kier alpha value is -1.35. The molecule has 0 saturated carbocycles. The van der Waals surface area contributed by atoms with Gasteiger partial charge in [-0.3, -0.25) is 4.79 Å². The number of carbonyl (C=O) groups is 1. The van der Waals surface area contributed by atoms with Gasteiger partial charge in [0.05, 0.1) is 0 Å². The zero-order valence-electron chi connectivity index (χ0n) is 12.2. The first-order valence-electron chi connectivity index (χ1n) is 7.10. The van der Waals surface area contributed by atoms with Crippen LogP contribution in [0, 0.1) is 6.92 Å². The van der Waals surface area contributed by atoms with Crippen LogP contribution in [0.2, 0.25) is 0 Å². The van der Waals surface area contributed by atoms with Crippen LogP contribution in [0.5, 0.6) is 0 Å². The fourth-order valence-electron chi connectivity index (χ4n) is 2.57. The van der Waals surface area contributed by atoms with Crippen molar-refractivity contribution in [2.75, 3.05) is 26.7 Å². The van der Waals surface area contributed by atoms with Crippen molar-refractivity contribution in [2.24, 2.45) is 0 Å². The zero-order chi connectivity index (χ0) is 13.8. The molecule has 0 radical (unpaired) electrons. The van der Waals surface area contributed by atoms with Gasteiger partial charge < -0.3 is 9.80 Å². The minimum atomic E-state index is 0.295. The van der Waals surface area contributed by atoms with Crippen molar-refractivity contribution >= 4 is 5.91 Å². The standard InChI is InChI=1S/C16H24N2O/c1-13-6-4-5-7-15(13)8-9-16(19)18-11-10-17(3)14(2)12-18/h4-7,14H,8-12H2,1-3H3. The van der Waals surface area contributed by atoms with E-state index in [0.29, 0.717) is 18.4 Å².